The lowest BCUT2D eigenvalue weighted by molar-refractivity contribution is 0.103. The van der Waals surface area contributed by atoms with Gasteiger partial charge in [-0.25, -0.2) is 0 Å². The molecule has 0 aromatic heterocycles. The largest absolute Gasteiger partial charge is 0.461 e. The van der Waals surface area contributed by atoms with Crippen molar-refractivity contribution in [1.82, 2.24) is 0 Å². The average molecular weight is 304 g/mol. The lowest BCUT2D eigenvalue weighted by Gasteiger charge is -2.28. The topological polar surface area (TPSA) is 26.3 Å². The van der Waals surface area contributed by atoms with Crippen LogP contribution in [0.3, 0.4) is 0 Å². The van der Waals surface area contributed by atoms with Crippen molar-refractivity contribution in [3.8, 4) is 5.75 Å². The number of allylic oxidation sites excluding steroid dienone is 2. The maximum Gasteiger partial charge on any atom is 0.193 e. The van der Waals surface area contributed by atoms with E-state index in [0.717, 1.165) is 33.8 Å². The average Bonchev–Trinajstić information content (AvgIpc) is 2.81. The highest BCUT2D eigenvalue weighted by atomic mass is 16.5. The highest BCUT2D eigenvalue weighted by molar-refractivity contribution is 6.15. The van der Waals surface area contributed by atoms with Crippen LogP contribution in [0.2, 0.25) is 0 Å². The van der Waals surface area contributed by atoms with Crippen LogP contribution in [0.15, 0.2) is 53.8 Å². The second kappa shape index (κ2) is 4.58. The predicted octanol–water partition coefficient (Wildman–Crippen LogP) is 4.98. The molecule has 0 amide bonds. The fourth-order valence-electron chi connectivity index (χ4n) is 3.63. The van der Waals surface area contributed by atoms with Gasteiger partial charge in [-0.15, -0.1) is 0 Å². The molecule has 23 heavy (non-hydrogen) atoms. The van der Waals surface area contributed by atoms with Crippen molar-refractivity contribution in [3.63, 3.8) is 0 Å². The van der Waals surface area contributed by atoms with Gasteiger partial charge < -0.3 is 4.74 Å². The second-order valence-electron chi connectivity index (χ2n) is 7.42. The van der Waals surface area contributed by atoms with Gasteiger partial charge in [-0.05, 0) is 29.5 Å². The Morgan fingerprint density at radius 2 is 1.74 bits per heavy atom. The van der Waals surface area contributed by atoms with Crippen molar-refractivity contribution < 1.29 is 9.53 Å². The number of rotatable bonds is 0. The lowest BCUT2D eigenvalue weighted by atomic mass is 9.81. The molecule has 0 radical (unpaired) electrons. The molecule has 2 aliphatic rings. The monoisotopic (exact) mass is 304 g/mol. The first-order valence-corrected chi connectivity index (χ1v) is 8.04. The molecule has 1 atom stereocenters. The number of carbonyl (C=O) groups excluding carboxylic acids is 1. The van der Waals surface area contributed by atoms with Crippen LogP contribution in [0.25, 0.3) is 0 Å². The third kappa shape index (κ3) is 1.98. The fraction of sp³-hybridized carbons (Fsp3) is 0.286. The molecule has 2 aromatic carbocycles. The zero-order valence-electron chi connectivity index (χ0n) is 13.9. The summed E-state index contributed by atoms with van der Waals surface area (Å²) in [5.74, 6) is 1.71. The van der Waals surface area contributed by atoms with Crippen LogP contribution in [0, 0.1) is 0 Å². The molecule has 0 spiro atoms. The van der Waals surface area contributed by atoms with Crippen LogP contribution < -0.4 is 4.74 Å². The first-order valence-electron chi connectivity index (χ1n) is 8.04. The van der Waals surface area contributed by atoms with Gasteiger partial charge in [0.1, 0.15) is 11.5 Å². The molecule has 2 aromatic rings. The highest BCUT2D eigenvalue weighted by Crippen LogP contribution is 2.50. The molecule has 0 bridgehead atoms. The molecule has 0 fully saturated rings. The lowest BCUT2D eigenvalue weighted by Crippen LogP contribution is -2.17. The van der Waals surface area contributed by atoms with E-state index in [1.54, 1.807) is 0 Å². The molecule has 1 unspecified atom stereocenters. The molecule has 1 aliphatic heterocycles. The zero-order valence-corrected chi connectivity index (χ0v) is 13.9. The zero-order chi connectivity index (χ0) is 16.4. The van der Waals surface area contributed by atoms with E-state index in [9.17, 15) is 4.79 Å². The summed E-state index contributed by atoms with van der Waals surface area (Å²) in [6.45, 7) is 8.50. The van der Waals surface area contributed by atoms with Crippen LogP contribution >= 0.6 is 0 Å². The van der Waals surface area contributed by atoms with Gasteiger partial charge in [-0.3, -0.25) is 4.79 Å². The summed E-state index contributed by atoms with van der Waals surface area (Å²) in [4.78, 5) is 12.8. The summed E-state index contributed by atoms with van der Waals surface area (Å²) >= 11 is 0. The Hall–Kier alpha value is -2.35. The number of ketones is 1. The van der Waals surface area contributed by atoms with E-state index in [1.807, 2.05) is 31.2 Å². The van der Waals surface area contributed by atoms with Crippen LogP contribution in [0.5, 0.6) is 5.75 Å². The standard InChI is InChI=1S/C21H20O2/c1-12-18-19(14-7-5-6-8-15(14)20(18)22)16-11-13(21(2,3)4)9-10-17(16)23-12/h5-11,19H,1-4H3. The molecule has 2 nitrogen and oxygen atoms in total. The van der Waals surface area contributed by atoms with E-state index < -0.39 is 0 Å². The second-order valence-corrected chi connectivity index (χ2v) is 7.42. The molecule has 1 heterocycles. The number of carbonyl (C=O) groups is 1. The van der Waals surface area contributed by atoms with E-state index in [4.69, 9.17) is 4.74 Å². The van der Waals surface area contributed by atoms with Crippen LogP contribution in [0.4, 0.5) is 0 Å². The Kier molecular flexibility index (Phi) is 2.84. The van der Waals surface area contributed by atoms with Gasteiger partial charge >= 0.3 is 0 Å². The Morgan fingerprint density at radius 3 is 2.48 bits per heavy atom. The quantitative estimate of drug-likeness (QED) is 0.686. The maximum atomic E-state index is 12.8. The highest BCUT2D eigenvalue weighted by Gasteiger charge is 2.41. The number of hydrogen-bond acceptors (Lipinski definition) is 2. The number of Topliss-reactive ketones (excluding diaryl/α,β-unsaturated/α-hetero) is 1. The minimum atomic E-state index is 0.00440. The minimum Gasteiger partial charge on any atom is -0.461 e. The SMILES string of the molecule is CC1=C2C(=O)c3ccccc3C2c2cc(C(C)(C)C)ccc2O1. The predicted molar refractivity (Wildman–Crippen MR) is 91.1 cm³/mol. The molecule has 0 saturated carbocycles. The summed E-state index contributed by atoms with van der Waals surface area (Å²) in [5, 5.41) is 0. The number of benzene rings is 2. The molecule has 116 valence electrons. The molecule has 1 aliphatic carbocycles. The van der Waals surface area contributed by atoms with Gasteiger partial charge in [-0.2, -0.15) is 0 Å². The fourth-order valence-corrected chi connectivity index (χ4v) is 3.63. The van der Waals surface area contributed by atoms with Crippen molar-refractivity contribution in [2.45, 2.75) is 39.0 Å². The summed E-state index contributed by atoms with van der Waals surface area (Å²) in [7, 11) is 0. The first kappa shape index (κ1) is 14.3. The summed E-state index contributed by atoms with van der Waals surface area (Å²) in [6, 6.07) is 14.3. The third-order valence-electron chi connectivity index (χ3n) is 4.88. The Bertz CT molecular complexity index is 866. The van der Waals surface area contributed by atoms with Crippen LogP contribution in [-0.2, 0) is 5.41 Å². The van der Waals surface area contributed by atoms with Gasteiger partial charge in [-0.1, -0.05) is 57.2 Å². The van der Waals surface area contributed by atoms with Crippen molar-refractivity contribution in [3.05, 3.63) is 76.1 Å². The molecular weight excluding hydrogens is 284 g/mol. The molecule has 0 saturated heterocycles. The third-order valence-corrected chi connectivity index (χ3v) is 4.88. The summed E-state index contributed by atoms with van der Waals surface area (Å²) < 4.78 is 5.97. The van der Waals surface area contributed by atoms with E-state index >= 15 is 0 Å². The van der Waals surface area contributed by atoms with Crippen LogP contribution in [-0.4, -0.2) is 5.78 Å². The van der Waals surface area contributed by atoms with Crippen molar-refractivity contribution in [2.24, 2.45) is 0 Å². The smallest absolute Gasteiger partial charge is 0.193 e. The number of hydrogen-bond donors (Lipinski definition) is 0. The molecule has 2 heteroatoms. The minimum absolute atomic E-state index is 0.00440. The summed E-state index contributed by atoms with van der Waals surface area (Å²) in [6.07, 6.45) is 0. The van der Waals surface area contributed by atoms with E-state index in [2.05, 4.69) is 39.0 Å². The number of fused-ring (bicyclic) bond motifs is 5. The van der Waals surface area contributed by atoms with E-state index in [1.165, 1.54) is 5.56 Å². The van der Waals surface area contributed by atoms with E-state index in [0.29, 0.717) is 0 Å². The Morgan fingerprint density at radius 1 is 1.00 bits per heavy atom. The van der Waals surface area contributed by atoms with Gasteiger partial charge in [0, 0.05) is 17.0 Å². The first-order chi connectivity index (χ1) is 10.9. The van der Waals surface area contributed by atoms with Gasteiger partial charge in [0.25, 0.3) is 0 Å². The van der Waals surface area contributed by atoms with Crippen molar-refractivity contribution >= 4 is 5.78 Å². The summed E-state index contributed by atoms with van der Waals surface area (Å²) in [5.41, 5.74) is 5.14. The van der Waals surface area contributed by atoms with Crippen molar-refractivity contribution in [1.29, 1.82) is 0 Å². The van der Waals surface area contributed by atoms with Gasteiger partial charge in [0.2, 0.25) is 0 Å². The van der Waals surface area contributed by atoms with Crippen molar-refractivity contribution in [2.75, 3.05) is 0 Å². The molecule has 0 N–H and O–H groups in total. The number of ether oxygens (including phenoxy) is 1. The van der Waals surface area contributed by atoms with E-state index in [-0.39, 0.29) is 17.1 Å². The Balaban J connectivity index is 1.98. The Labute approximate surface area is 136 Å². The molecule has 4 rings (SSSR count). The van der Waals surface area contributed by atoms with Gasteiger partial charge in [0.15, 0.2) is 5.78 Å². The van der Waals surface area contributed by atoms with Gasteiger partial charge in [0.05, 0.1) is 5.57 Å². The maximum absolute atomic E-state index is 12.8. The molecular formula is C21H20O2. The normalized spacial score (nSPS) is 19.1. The van der Waals surface area contributed by atoms with Crippen LogP contribution in [0.1, 0.15) is 60.7 Å².